The molecule has 0 aromatic heterocycles. The zero-order valence-electron chi connectivity index (χ0n) is 11.5. The minimum absolute atomic E-state index is 0.634. The van der Waals surface area contributed by atoms with Gasteiger partial charge in [-0.3, -0.25) is 0 Å². The molecule has 0 amide bonds. The minimum Gasteiger partial charge on any atom is -0.369 e. The van der Waals surface area contributed by atoms with Gasteiger partial charge in [0.15, 0.2) is 5.96 Å². The fourth-order valence-corrected chi connectivity index (χ4v) is 3.61. The van der Waals surface area contributed by atoms with E-state index in [0.29, 0.717) is 12.0 Å². The third-order valence-corrected chi connectivity index (χ3v) is 4.54. The molecule has 1 saturated heterocycles. The number of fused-ring (bicyclic) bond motifs is 1. The molecule has 1 aliphatic carbocycles. The van der Waals surface area contributed by atoms with E-state index < -0.39 is 0 Å². The molecule has 0 unspecified atom stereocenters. The normalized spacial score (nSPS) is 28.0. The van der Waals surface area contributed by atoms with Crippen LogP contribution in [0.4, 0.5) is 5.69 Å². The van der Waals surface area contributed by atoms with Crippen LogP contribution in [0, 0.1) is 5.92 Å². The van der Waals surface area contributed by atoms with Crippen molar-refractivity contribution in [2.24, 2.45) is 16.6 Å². The van der Waals surface area contributed by atoms with Crippen molar-refractivity contribution in [3.63, 3.8) is 0 Å². The number of benzene rings is 1. The number of aliphatic imine (C=N–C) groups is 1. The molecule has 1 aromatic rings. The van der Waals surface area contributed by atoms with Crippen molar-refractivity contribution in [2.45, 2.75) is 44.6 Å². The quantitative estimate of drug-likeness (QED) is 0.619. The Morgan fingerprint density at radius 1 is 1.05 bits per heavy atom. The number of hydrogen-bond acceptors (Lipinski definition) is 1. The molecule has 3 heteroatoms. The Hall–Kier alpha value is -1.51. The molecule has 19 heavy (non-hydrogen) atoms. The van der Waals surface area contributed by atoms with Crippen LogP contribution in [-0.4, -0.2) is 23.4 Å². The van der Waals surface area contributed by atoms with Gasteiger partial charge in [0.05, 0.1) is 5.69 Å². The van der Waals surface area contributed by atoms with Crippen LogP contribution in [0.2, 0.25) is 0 Å². The van der Waals surface area contributed by atoms with Crippen LogP contribution >= 0.6 is 0 Å². The van der Waals surface area contributed by atoms with E-state index in [0.717, 1.165) is 18.2 Å². The summed E-state index contributed by atoms with van der Waals surface area (Å²) in [6.45, 7) is 1.07. The second-order valence-electron chi connectivity index (χ2n) is 5.75. The monoisotopic (exact) mass is 257 g/mol. The summed E-state index contributed by atoms with van der Waals surface area (Å²) in [5.74, 6) is 1.55. The molecule has 0 radical (unpaired) electrons. The summed E-state index contributed by atoms with van der Waals surface area (Å²) in [6, 6.07) is 10.7. The number of piperidine rings is 1. The highest BCUT2D eigenvalue weighted by atomic mass is 15.3. The summed E-state index contributed by atoms with van der Waals surface area (Å²) in [7, 11) is 0. The molecule has 2 aliphatic rings. The number of rotatable bonds is 1. The van der Waals surface area contributed by atoms with Gasteiger partial charge in [0.25, 0.3) is 0 Å². The summed E-state index contributed by atoms with van der Waals surface area (Å²) >= 11 is 0. The lowest BCUT2D eigenvalue weighted by Gasteiger charge is -2.44. The predicted octanol–water partition coefficient (Wildman–Crippen LogP) is 3.29. The number of likely N-dealkylation sites (tertiary alicyclic amines) is 1. The largest absolute Gasteiger partial charge is 0.369 e. The van der Waals surface area contributed by atoms with Crippen molar-refractivity contribution in [3.8, 4) is 0 Å². The van der Waals surface area contributed by atoms with Gasteiger partial charge in [-0.15, -0.1) is 0 Å². The molecule has 1 aliphatic heterocycles. The Bertz CT molecular complexity index is 439. The number of hydrogen-bond donors (Lipinski definition) is 1. The van der Waals surface area contributed by atoms with E-state index in [2.05, 4.69) is 9.89 Å². The second-order valence-corrected chi connectivity index (χ2v) is 5.75. The smallest absolute Gasteiger partial charge is 0.196 e. The lowest BCUT2D eigenvalue weighted by atomic mass is 9.78. The van der Waals surface area contributed by atoms with Gasteiger partial charge in [-0.25, -0.2) is 4.99 Å². The van der Waals surface area contributed by atoms with Crippen LogP contribution in [0.3, 0.4) is 0 Å². The standard InChI is InChI=1S/C16H23N3/c17-16(18-14-9-2-1-3-10-14)19-12-6-8-13-7-4-5-11-15(13)19/h1-3,9-10,13,15H,4-8,11-12H2,(H2,17,18)/t13-,15-/m1/s1. The molecular weight excluding hydrogens is 234 g/mol. The van der Waals surface area contributed by atoms with E-state index >= 15 is 0 Å². The molecular formula is C16H23N3. The Balaban J connectivity index is 1.78. The first-order valence-corrected chi connectivity index (χ1v) is 7.50. The van der Waals surface area contributed by atoms with Crippen molar-refractivity contribution in [2.75, 3.05) is 6.54 Å². The van der Waals surface area contributed by atoms with E-state index in [1.807, 2.05) is 30.3 Å². The maximum atomic E-state index is 6.26. The zero-order chi connectivity index (χ0) is 13.1. The molecule has 102 valence electrons. The van der Waals surface area contributed by atoms with Gasteiger partial charge in [0, 0.05) is 12.6 Å². The first-order valence-electron chi connectivity index (χ1n) is 7.50. The molecule has 3 nitrogen and oxygen atoms in total. The highest BCUT2D eigenvalue weighted by Crippen LogP contribution is 2.35. The van der Waals surface area contributed by atoms with E-state index in [1.54, 1.807) is 0 Å². The maximum absolute atomic E-state index is 6.26. The summed E-state index contributed by atoms with van der Waals surface area (Å²) < 4.78 is 0. The van der Waals surface area contributed by atoms with Gasteiger partial charge >= 0.3 is 0 Å². The number of guanidine groups is 1. The van der Waals surface area contributed by atoms with Crippen molar-refractivity contribution in [1.29, 1.82) is 0 Å². The fraction of sp³-hybridized carbons (Fsp3) is 0.562. The lowest BCUT2D eigenvalue weighted by molar-refractivity contribution is 0.118. The van der Waals surface area contributed by atoms with Crippen LogP contribution in [0.25, 0.3) is 0 Å². The zero-order valence-corrected chi connectivity index (χ0v) is 11.5. The molecule has 2 N–H and O–H groups in total. The third kappa shape index (κ3) is 2.75. The average Bonchev–Trinajstić information content (AvgIpc) is 2.47. The maximum Gasteiger partial charge on any atom is 0.196 e. The minimum atomic E-state index is 0.634. The predicted molar refractivity (Wildman–Crippen MR) is 79.4 cm³/mol. The number of para-hydroxylation sites is 1. The Labute approximate surface area is 115 Å². The highest BCUT2D eigenvalue weighted by Gasteiger charge is 2.34. The van der Waals surface area contributed by atoms with E-state index in [1.165, 1.54) is 38.5 Å². The SMILES string of the molecule is NC(=Nc1ccccc1)N1CCC[C@H]2CCCC[C@H]21. The van der Waals surface area contributed by atoms with Crippen LogP contribution in [0.1, 0.15) is 38.5 Å². The molecule has 0 bridgehead atoms. The van der Waals surface area contributed by atoms with Crippen LogP contribution in [-0.2, 0) is 0 Å². The van der Waals surface area contributed by atoms with Gasteiger partial charge in [0.1, 0.15) is 0 Å². The third-order valence-electron chi connectivity index (χ3n) is 4.54. The fourth-order valence-electron chi connectivity index (χ4n) is 3.61. The summed E-state index contributed by atoms with van der Waals surface area (Å²) in [6.07, 6.45) is 8.03. The Morgan fingerprint density at radius 2 is 1.79 bits per heavy atom. The molecule has 1 heterocycles. The number of nitrogens with two attached hydrogens (primary N) is 1. The molecule has 2 fully saturated rings. The van der Waals surface area contributed by atoms with Crippen molar-refractivity contribution in [3.05, 3.63) is 30.3 Å². The first-order chi connectivity index (χ1) is 9.34. The molecule has 2 atom stereocenters. The molecule has 1 saturated carbocycles. The van der Waals surface area contributed by atoms with Crippen LogP contribution in [0.5, 0.6) is 0 Å². The molecule has 0 spiro atoms. The summed E-state index contributed by atoms with van der Waals surface area (Å²) in [5, 5.41) is 0. The van der Waals surface area contributed by atoms with Gasteiger partial charge in [-0.05, 0) is 43.7 Å². The second kappa shape index (κ2) is 5.64. The molecule has 3 rings (SSSR count). The van der Waals surface area contributed by atoms with Crippen molar-refractivity contribution in [1.82, 2.24) is 4.90 Å². The van der Waals surface area contributed by atoms with Crippen LogP contribution in [0.15, 0.2) is 35.3 Å². The first kappa shape index (κ1) is 12.5. The number of nitrogens with zero attached hydrogens (tertiary/aromatic N) is 2. The van der Waals surface area contributed by atoms with Gasteiger partial charge in [0.2, 0.25) is 0 Å². The van der Waals surface area contributed by atoms with Gasteiger partial charge in [-0.2, -0.15) is 0 Å². The summed E-state index contributed by atoms with van der Waals surface area (Å²) in [5.41, 5.74) is 7.22. The van der Waals surface area contributed by atoms with E-state index in [-0.39, 0.29) is 0 Å². The van der Waals surface area contributed by atoms with Crippen LogP contribution < -0.4 is 5.73 Å². The lowest BCUT2D eigenvalue weighted by Crippen LogP contribution is -2.52. The Morgan fingerprint density at radius 3 is 2.63 bits per heavy atom. The van der Waals surface area contributed by atoms with Gasteiger partial charge in [-0.1, -0.05) is 31.0 Å². The Kier molecular flexibility index (Phi) is 3.72. The average molecular weight is 257 g/mol. The highest BCUT2D eigenvalue weighted by molar-refractivity contribution is 5.81. The topological polar surface area (TPSA) is 41.6 Å². The van der Waals surface area contributed by atoms with E-state index in [9.17, 15) is 0 Å². The molecule has 1 aromatic carbocycles. The van der Waals surface area contributed by atoms with Crippen molar-refractivity contribution >= 4 is 11.6 Å². The summed E-state index contributed by atoms with van der Waals surface area (Å²) in [4.78, 5) is 6.96. The van der Waals surface area contributed by atoms with Gasteiger partial charge < -0.3 is 10.6 Å². The van der Waals surface area contributed by atoms with Crippen molar-refractivity contribution < 1.29 is 0 Å². The van der Waals surface area contributed by atoms with E-state index in [4.69, 9.17) is 5.73 Å².